The average Bonchev–Trinajstić information content (AvgIpc) is 3.23. The number of alkyl halides is 3. The number of thiophene rings is 1. The molecule has 1 saturated heterocycles. The molecule has 7 nitrogen and oxygen atoms in total. The number of halogens is 3. The first kappa shape index (κ1) is 23.4. The van der Waals surface area contributed by atoms with E-state index in [-0.39, 0.29) is 11.8 Å². The zero-order valence-electron chi connectivity index (χ0n) is 19.4. The van der Waals surface area contributed by atoms with Crippen LogP contribution in [0.5, 0.6) is 5.88 Å². The predicted molar refractivity (Wildman–Crippen MR) is 124 cm³/mol. The largest absolute Gasteiger partial charge is 0.477 e. The molecule has 6 rings (SSSR count). The van der Waals surface area contributed by atoms with Crippen LogP contribution in [0.25, 0.3) is 10.2 Å². The van der Waals surface area contributed by atoms with E-state index in [1.54, 1.807) is 11.3 Å². The van der Waals surface area contributed by atoms with Gasteiger partial charge in [0.2, 0.25) is 11.8 Å². The summed E-state index contributed by atoms with van der Waals surface area (Å²) in [6.07, 6.45) is 2.37. The monoisotopic (exact) mass is 510 g/mol. The number of morpholine rings is 1. The van der Waals surface area contributed by atoms with Gasteiger partial charge in [-0.15, -0.1) is 11.3 Å². The summed E-state index contributed by atoms with van der Waals surface area (Å²) < 4.78 is 49.3. The normalized spacial score (nSPS) is 30.7. The van der Waals surface area contributed by atoms with Crippen molar-refractivity contribution in [3.05, 3.63) is 16.8 Å². The van der Waals surface area contributed by atoms with Crippen molar-refractivity contribution in [1.29, 1.82) is 0 Å². The van der Waals surface area contributed by atoms with E-state index in [9.17, 15) is 18.0 Å². The molecule has 0 spiro atoms. The SMILES string of the molecule is O=C(NCC(F)(F)F)[C@@H]1[C@H]2Cc3sc4ncnc(OCC5CCC(N6CCOCC6)CC5)c4c3[C@H]21. The van der Waals surface area contributed by atoms with Gasteiger partial charge in [-0.05, 0) is 49.5 Å². The Labute approximate surface area is 205 Å². The van der Waals surface area contributed by atoms with Gasteiger partial charge in [0.15, 0.2) is 0 Å². The van der Waals surface area contributed by atoms with Gasteiger partial charge >= 0.3 is 6.18 Å². The van der Waals surface area contributed by atoms with Crippen molar-refractivity contribution in [3.8, 4) is 5.88 Å². The number of hydrogen-bond donors (Lipinski definition) is 1. The van der Waals surface area contributed by atoms with Gasteiger partial charge in [0, 0.05) is 35.8 Å². The van der Waals surface area contributed by atoms with E-state index in [1.807, 2.05) is 0 Å². The molecule has 0 radical (unpaired) electrons. The van der Waals surface area contributed by atoms with Crippen LogP contribution in [0.15, 0.2) is 6.33 Å². The zero-order chi connectivity index (χ0) is 24.2. The molecule has 2 saturated carbocycles. The van der Waals surface area contributed by atoms with Crippen LogP contribution in [-0.2, 0) is 16.0 Å². The molecular formula is C24H29F3N4O3S. The first-order chi connectivity index (χ1) is 16.9. The molecule has 3 atom stereocenters. The molecule has 11 heteroatoms. The summed E-state index contributed by atoms with van der Waals surface area (Å²) in [6.45, 7) is 2.99. The highest BCUT2D eigenvalue weighted by Gasteiger charge is 2.61. The Morgan fingerprint density at radius 1 is 1.20 bits per heavy atom. The van der Waals surface area contributed by atoms with Crippen molar-refractivity contribution in [2.45, 2.75) is 50.2 Å². The molecular weight excluding hydrogens is 481 g/mol. The summed E-state index contributed by atoms with van der Waals surface area (Å²) >= 11 is 1.59. The van der Waals surface area contributed by atoms with Crippen molar-refractivity contribution < 1.29 is 27.4 Å². The maximum absolute atomic E-state index is 12.5. The fourth-order valence-electron chi connectivity index (χ4n) is 6.30. The van der Waals surface area contributed by atoms with Crippen molar-refractivity contribution in [1.82, 2.24) is 20.2 Å². The fourth-order valence-corrected chi connectivity index (χ4v) is 7.56. The van der Waals surface area contributed by atoms with E-state index in [1.165, 1.54) is 19.2 Å². The molecule has 3 aliphatic carbocycles. The van der Waals surface area contributed by atoms with Gasteiger partial charge in [0.05, 0.1) is 25.2 Å². The number of nitrogens with one attached hydrogen (secondary N) is 1. The summed E-state index contributed by atoms with van der Waals surface area (Å²) in [6, 6.07) is 0.633. The highest BCUT2D eigenvalue weighted by molar-refractivity contribution is 7.19. The molecule has 3 heterocycles. The van der Waals surface area contributed by atoms with Crippen molar-refractivity contribution in [2.75, 3.05) is 39.5 Å². The quantitative estimate of drug-likeness (QED) is 0.641. The number of hydrogen-bond acceptors (Lipinski definition) is 7. The number of rotatable bonds is 6. The first-order valence-corrected chi connectivity index (χ1v) is 13.3. The number of fused-ring (bicyclic) bond motifs is 5. The van der Waals surface area contributed by atoms with Crippen molar-refractivity contribution in [3.63, 3.8) is 0 Å². The predicted octanol–water partition coefficient (Wildman–Crippen LogP) is 3.53. The number of amides is 1. The van der Waals surface area contributed by atoms with Crippen LogP contribution in [-0.4, -0.2) is 72.4 Å². The van der Waals surface area contributed by atoms with Gasteiger partial charge in [0.25, 0.3) is 0 Å². The lowest BCUT2D eigenvalue weighted by molar-refractivity contribution is -0.139. The Morgan fingerprint density at radius 3 is 2.71 bits per heavy atom. The Morgan fingerprint density at radius 2 is 1.97 bits per heavy atom. The van der Waals surface area contributed by atoms with Crippen LogP contribution in [0.3, 0.4) is 0 Å². The summed E-state index contributed by atoms with van der Waals surface area (Å²) in [5, 5.41) is 2.92. The lowest BCUT2D eigenvalue weighted by Crippen LogP contribution is -2.45. The molecule has 35 heavy (non-hydrogen) atoms. The number of nitrogens with zero attached hydrogens (tertiary/aromatic N) is 3. The van der Waals surface area contributed by atoms with E-state index >= 15 is 0 Å². The van der Waals surface area contributed by atoms with Crippen LogP contribution in [0.4, 0.5) is 13.2 Å². The first-order valence-electron chi connectivity index (χ1n) is 12.4. The van der Waals surface area contributed by atoms with Gasteiger partial charge in [-0.2, -0.15) is 13.2 Å². The van der Waals surface area contributed by atoms with Crippen LogP contribution in [0, 0.1) is 17.8 Å². The Kier molecular flexibility index (Phi) is 6.12. The van der Waals surface area contributed by atoms with Crippen LogP contribution in [0.2, 0.25) is 0 Å². The van der Waals surface area contributed by atoms with E-state index in [2.05, 4.69) is 20.2 Å². The highest BCUT2D eigenvalue weighted by atomic mass is 32.1. The van der Waals surface area contributed by atoms with Gasteiger partial charge < -0.3 is 14.8 Å². The molecule has 1 amide bonds. The molecule has 190 valence electrons. The van der Waals surface area contributed by atoms with Gasteiger partial charge in [0.1, 0.15) is 17.7 Å². The highest BCUT2D eigenvalue weighted by Crippen LogP contribution is 2.65. The molecule has 0 aromatic carbocycles. The van der Waals surface area contributed by atoms with E-state index < -0.39 is 24.5 Å². The molecule has 3 fully saturated rings. The molecule has 1 N–H and O–H groups in total. The minimum absolute atomic E-state index is 0.0655. The van der Waals surface area contributed by atoms with Gasteiger partial charge in [-0.3, -0.25) is 9.69 Å². The number of aromatic nitrogens is 2. The van der Waals surface area contributed by atoms with Gasteiger partial charge in [-0.1, -0.05) is 0 Å². The maximum atomic E-state index is 12.5. The maximum Gasteiger partial charge on any atom is 0.405 e. The topological polar surface area (TPSA) is 76.6 Å². The Hall–Kier alpha value is -1.98. The van der Waals surface area contributed by atoms with Gasteiger partial charge in [-0.25, -0.2) is 9.97 Å². The van der Waals surface area contributed by atoms with Crippen molar-refractivity contribution in [2.24, 2.45) is 17.8 Å². The van der Waals surface area contributed by atoms with E-state index in [0.717, 1.165) is 59.8 Å². The fraction of sp³-hybridized carbons (Fsp3) is 0.708. The van der Waals surface area contributed by atoms with Crippen molar-refractivity contribution >= 4 is 27.5 Å². The van der Waals surface area contributed by atoms with E-state index in [4.69, 9.17) is 9.47 Å². The minimum Gasteiger partial charge on any atom is -0.477 e. The average molecular weight is 511 g/mol. The second-order valence-electron chi connectivity index (χ2n) is 10.2. The minimum atomic E-state index is -4.41. The number of carbonyl (C=O) groups is 1. The second-order valence-corrected chi connectivity index (χ2v) is 11.3. The lowest BCUT2D eigenvalue weighted by Gasteiger charge is -2.38. The second kappa shape index (κ2) is 9.15. The number of carbonyl (C=O) groups excluding carboxylic acids is 1. The molecule has 0 bridgehead atoms. The molecule has 1 aliphatic heterocycles. The summed E-state index contributed by atoms with van der Waals surface area (Å²) in [5.74, 6) is 0.0925. The smallest absolute Gasteiger partial charge is 0.405 e. The molecule has 2 aromatic heterocycles. The van der Waals surface area contributed by atoms with E-state index in [0.29, 0.717) is 30.9 Å². The number of ether oxygens (including phenoxy) is 2. The Balaban J connectivity index is 1.10. The van der Waals surface area contributed by atoms with Crippen LogP contribution >= 0.6 is 11.3 Å². The Bertz CT molecular complexity index is 1100. The molecule has 4 aliphatic rings. The summed E-state index contributed by atoms with van der Waals surface area (Å²) in [4.78, 5) is 25.8. The third-order valence-corrected chi connectivity index (χ3v) is 9.23. The van der Waals surface area contributed by atoms with Crippen LogP contribution in [0.1, 0.15) is 42.0 Å². The standard InChI is InChI=1S/C24H29F3N4O3S/c25-24(26,27)11-28-21(32)18-15-9-16-19(17(15)18)20-22(29-12-30-23(20)35-16)34-10-13-1-3-14(4-2-13)31-5-7-33-8-6-31/h12-15,17-18H,1-11H2,(H,28,32)/t13?,14?,15-,17+,18+/m0/s1. The molecule has 0 unspecified atom stereocenters. The zero-order valence-corrected chi connectivity index (χ0v) is 20.2. The lowest BCUT2D eigenvalue weighted by atomic mass is 9.85. The summed E-state index contributed by atoms with van der Waals surface area (Å²) in [5.41, 5.74) is 1.02. The third kappa shape index (κ3) is 4.62. The van der Waals surface area contributed by atoms with Crippen LogP contribution < -0.4 is 10.1 Å². The molecule has 2 aromatic rings. The third-order valence-electron chi connectivity index (χ3n) is 8.09. The summed E-state index contributed by atoms with van der Waals surface area (Å²) in [7, 11) is 0.